The van der Waals surface area contributed by atoms with Crippen LogP contribution in [0.25, 0.3) is 0 Å². The van der Waals surface area contributed by atoms with Gasteiger partial charge in [0.1, 0.15) is 5.75 Å². The highest BCUT2D eigenvalue weighted by Crippen LogP contribution is 2.36. The average Bonchev–Trinajstić information content (AvgIpc) is 2.91. The summed E-state index contributed by atoms with van der Waals surface area (Å²) in [5.41, 5.74) is 2.47. The SMILES string of the molecule is CCNC(Cc1ccn(C)n1)C1CCOc2ccccc21. The molecule has 1 N–H and O–H groups in total. The van der Waals surface area contributed by atoms with E-state index < -0.39 is 0 Å². The van der Waals surface area contributed by atoms with Crippen molar-refractivity contribution in [1.29, 1.82) is 0 Å². The normalized spacial score (nSPS) is 18.9. The summed E-state index contributed by atoms with van der Waals surface area (Å²) >= 11 is 0. The van der Waals surface area contributed by atoms with Crippen LogP contribution in [0.5, 0.6) is 5.75 Å². The number of benzene rings is 1. The fourth-order valence-corrected chi connectivity index (χ4v) is 3.20. The van der Waals surface area contributed by atoms with E-state index in [1.54, 1.807) is 0 Å². The zero-order valence-electron chi connectivity index (χ0n) is 12.7. The van der Waals surface area contributed by atoms with Crippen molar-refractivity contribution in [3.8, 4) is 5.75 Å². The standard InChI is InChI=1S/C17H23N3O/c1-3-18-16(12-13-8-10-20(2)19-13)14-9-11-21-17-7-5-4-6-15(14)17/h4-8,10,14,16,18H,3,9,11-12H2,1-2H3. The largest absolute Gasteiger partial charge is 0.493 e. The van der Waals surface area contributed by atoms with Crippen molar-refractivity contribution in [2.24, 2.45) is 7.05 Å². The predicted octanol–water partition coefficient (Wildman–Crippen LogP) is 2.51. The smallest absolute Gasteiger partial charge is 0.122 e. The van der Waals surface area contributed by atoms with E-state index in [-0.39, 0.29) is 0 Å². The minimum Gasteiger partial charge on any atom is -0.493 e. The van der Waals surface area contributed by atoms with Crippen molar-refractivity contribution in [3.63, 3.8) is 0 Å². The minimum atomic E-state index is 0.398. The molecule has 4 heteroatoms. The molecule has 0 saturated carbocycles. The molecule has 1 aromatic heterocycles. The molecule has 0 spiro atoms. The molecule has 2 atom stereocenters. The monoisotopic (exact) mass is 285 g/mol. The van der Waals surface area contributed by atoms with Gasteiger partial charge in [-0.3, -0.25) is 4.68 Å². The molecule has 2 unspecified atom stereocenters. The van der Waals surface area contributed by atoms with E-state index in [0.717, 1.165) is 37.4 Å². The lowest BCUT2D eigenvalue weighted by molar-refractivity contribution is 0.244. The summed E-state index contributed by atoms with van der Waals surface area (Å²) in [5.74, 6) is 1.52. The van der Waals surface area contributed by atoms with E-state index in [2.05, 4.69) is 41.6 Å². The molecule has 2 aromatic rings. The van der Waals surface area contributed by atoms with Gasteiger partial charge < -0.3 is 10.1 Å². The number of para-hydroxylation sites is 1. The first-order valence-electron chi connectivity index (χ1n) is 7.71. The Morgan fingerprint density at radius 2 is 2.24 bits per heavy atom. The fourth-order valence-electron chi connectivity index (χ4n) is 3.20. The molecule has 1 aliphatic rings. The number of nitrogens with zero attached hydrogens (tertiary/aromatic N) is 2. The third-order valence-electron chi connectivity index (χ3n) is 4.15. The van der Waals surface area contributed by atoms with Crippen molar-refractivity contribution in [1.82, 2.24) is 15.1 Å². The van der Waals surface area contributed by atoms with Crippen LogP contribution < -0.4 is 10.1 Å². The molecule has 0 aliphatic carbocycles. The van der Waals surface area contributed by atoms with Gasteiger partial charge in [-0.05, 0) is 30.7 Å². The summed E-state index contributed by atoms with van der Waals surface area (Å²) in [5, 5.41) is 8.18. The van der Waals surface area contributed by atoms with E-state index in [9.17, 15) is 0 Å². The number of hydrogen-bond donors (Lipinski definition) is 1. The van der Waals surface area contributed by atoms with Crippen LogP contribution in [0.4, 0.5) is 0 Å². The van der Waals surface area contributed by atoms with Gasteiger partial charge in [0.15, 0.2) is 0 Å². The first kappa shape index (κ1) is 14.1. The third kappa shape index (κ3) is 3.10. The molecule has 0 amide bonds. The van der Waals surface area contributed by atoms with Crippen LogP contribution in [-0.2, 0) is 13.5 Å². The Labute approximate surface area is 126 Å². The number of likely N-dealkylation sites (N-methyl/N-ethyl adjacent to an activating group) is 1. The quantitative estimate of drug-likeness (QED) is 0.917. The number of ether oxygens (including phenoxy) is 1. The second-order valence-electron chi connectivity index (χ2n) is 5.63. The summed E-state index contributed by atoms with van der Waals surface area (Å²) in [6, 6.07) is 10.9. The maximum absolute atomic E-state index is 5.79. The topological polar surface area (TPSA) is 39.1 Å². The summed E-state index contributed by atoms with van der Waals surface area (Å²) < 4.78 is 7.66. The zero-order valence-corrected chi connectivity index (χ0v) is 12.7. The summed E-state index contributed by atoms with van der Waals surface area (Å²) in [7, 11) is 1.97. The lowest BCUT2D eigenvalue weighted by Gasteiger charge is -2.32. The molecule has 1 aliphatic heterocycles. The highest BCUT2D eigenvalue weighted by Gasteiger charge is 2.28. The Morgan fingerprint density at radius 1 is 1.38 bits per heavy atom. The van der Waals surface area contributed by atoms with E-state index in [1.165, 1.54) is 5.56 Å². The second kappa shape index (κ2) is 6.31. The van der Waals surface area contributed by atoms with Gasteiger partial charge in [0, 0.05) is 31.6 Å². The number of aryl methyl sites for hydroxylation is 1. The Kier molecular flexibility index (Phi) is 4.25. The Bertz CT molecular complexity index is 593. The lowest BCUT2D eigenvalue weighted by Crippen LogP contribution is -2.39. The maximum atomic E-state index is 5.79. The Hall–Kier alpha value is -1.81. The van der Waals surface area contributed by atoms with Gasteiger partial charge in [-0.25, -0.2) is 0 Å². The van der Waals surface area contributed by atoms with Gasteiger partial charge >= 0.3 is 0 Å². The first-order valence-corrected chi connectivity index (χ1v) is 7.71. The van der Waals surface area contributed by atoms with Gasteiger partial charge in [0.2, 0.25) is 0 Å². The molecular formula is C17H23N3O. The predicted molar refractivity (Wildman–Crippen MR) is 83.7 cm³/mol. The minimum absolute atomic E-state index is 0.398. The highest BCUT2D eigenvalue weighted by molar-refractivity contribution is 5.39. The van der Waals surface area contributed by atoms with Crippen molar-refractivity contribution in [2.45, 2.75) is 31.7 Å². The molecule has 3 rings (SSSR count). The van der Waals surface area contributed by atoms with Crippen molar-refractivity contribution >= 4 is 0 Å². The van der Waals surface area contributed by atoms with Crippen molar-refractivity contribution in [3.05, 3.63) is 47.8 Å². The molecule has 0 bridgehead atoms. The summed E-state index contributed by atoms with van der Waals surface area (Å²) in [4.78, 5) is 0. The average molecular weight is 285 g/mol. The van der Waals surface area contributed by atoms with Crippen LogP contribution in [0.1, 0.15) is 30.5 Å². The summed E-state index contributed by atoms with van der Waals surface area (Å²) in [6.07, 6.45) is 4.02. The fraction of sp³-hybridized carbons (Fsp3) is 0.471. The zero-order chi connectivity index (χ0) is 14.7. The molecule has 0 fully saturated rings. The van der Waals surface area contributed by atoms with E-state index in [1.807, 2.05) is 24.0 Å². The molecule has 112 valence electrons. The van der Waals surface area contributed by atoms with Crippen LogP contribution in [0.2, 0.25) is 0 Å². The maximum Gasteiger partial charge on any atom is 0.122 e. The first-order chi connectivity index (χ1) is 10.3. The van der Waals surface area contributed by atoms with Crippen LogP contribution in [-0.4, -0.2) is 29.0 Å². The Balaban J connectivity index is 1.84. The van der Waals surface area contributed by atoms with E-state index in [0.29, 0.717) is 12.0 Å². The van der Waals surface area contributed by atoms with Gasteiger partial charge in [-0.15, -0.1) is 0 Å². The third-order valence-corrected chi connectivity index (χ3v) is 4.15. The Morgan fingerprint density at radius 3 is 3.00 bits per heavy atom. The number of hydrogen-bond acceptors (Lipinski definition) is 3. The molecule has 4 nitrogen and oxygen atoms in total. The second-order valence-corrected chi connectivity index (χ2v) is 5.63. The molecule has 2 heterocycles. The highest BCUT2D eigenvalue weighted by atomic mass is 16.5. The molecule has 1 aromatic carbocycles. The van der Waals surface area contributed by atoms with E-state index >= 15 is 0 Å². The molecule has 21 heavy (non-hydrogen) atoms. The molecule has 0 radical (unpaired) electrons. The van der Waals surface area contributed by atoms with Crippen LogP contribution >= 0.6 is 0 Å². The van der Waals surface area contributed by atoms with Gasteiger partial charge in [-0.1, -0.05) is 25.1 Å². The number of fused-ring (bicyclic) bond motifs is 1. The van der Waals surface area contributed by atoms with E-state index in [4.69, 9.17) is 4.74 Å². The van der Waals surface area contributed by atoms with Gasteiger partial charge in [-0.2, -0.15) is 5.10 Å². The molecule has 0 saturated heterocycles. The van der Waals surface area contributed by atoms with Crippen LogP contribution in [0.15, 0.2) is 36.5 Å². The summed E-state index contributed by atoms with van der Waals surface area (Å²) in [6.45, 7) is 3.93. The van der Waals surface area contributed by atoms with Gasteiger partial charge in [0.05, 0.1) is 12.3 Å². The van der Waals surface area contributed by atoms with Crippen LogP contribution in [0, 0.1) is 0 Å². The number of aromatic nitrogens is 2. The number of rotatable bonds is 5. The van der Waals surface area contributed by atoms with Crippen molar-refractivity contribution in [2.75, 3.05) is 13.2 Å². The lowest BCUT2D eigenvalue weighted by atomic mass is 9.84. The van der Waals surface area contributed by atoms with Crippen molar-refractivity contribution < 1.29 is 4.74 Å². The molecular weight excluding hydrogens is 262 g/mol. The number of nitrogens with one attached hydrogen (secondary N) is 1. The van der Waals surface area contributed by atoms with Gasteiger partial charge in [0.25, 0.3) is 0 Å². The van der Waals surface area contributed by atoms with Crippen LogP contribution in [0.3, 0.4) is 0 Å².